The van der Waals surface area contributed by atoms with E-state index in [1.54, 1.807) is 22.3 Å². The Balaban J connectivity index is 0.959. The van der Waals surface area contributed by atoms with E-state index < -0.39 is 0 Å². The number of anilines is 3. The van der Waals surface area contributed by atoms with Crippen LogP contribution in [0.25, 0.3) is 88.4 Å². The third-order valence-electron chi connectivity index (χ3n) is 23.3. The molecule has 95 heavy (non-hydrogen) atoms. The van der Waals surface area contributed by atoms with Gasteiger partial charge in [-0.25, -0.2) is 0 Å². The molecule has 0 N–H and O–H groups in total. The summed E-state index contributed by atoms with van der Waals surface area (Å²) in [6.45, 7) is 16.5. The van der Waals surface area contributed by atoms with Crippen molar-refractivity contribution in [1.82, 2.24) is 0 Å². The largest absolute Gasteiger partial charge is 0.456 e. The molecule has 0 atom stereocenters. The molecule has 3 aliphatic rings. The van der Waals surface area contributed by atoms with Crippen molar-refractivity contribution >= 4 is 60.9 Å². The van der Waals surface area contributed by atoms with Crippen molar-refractivity contribution in [3.05, 3.63) is 209 Å². The van der Waals surface area contributed by atoms with E-state index in [1.165, 1.54) is 261 Å². The van der Waals surface area contributed by atoms with E-state index >= 15 is 0 Å². The molecule has 0 spiro atoms. The fourth-order valence-corrected chi connectivity index (χ4v) is 18.3. The maximum Gasteiger partial charge on any atom is 0.143 e. The molecule has 0 fully saturated rings. The average Bonchev–Trinajstić information content (AvgIpc) is 1.52. The van der Waals surface area contributed by atoms with Crippen molar-refractivity contribution in [1.29, 1.82) is 0 Å². The second kappa shape index (κ2) is 28.2. The van der Waals surface area contributed by atoms with Gasteiger partial charge >= 0.3 is 0 Å². The first kappa shape index (κ1) is 64.7. The first-order valence-corrected chi connectivity index (χ1v) is 38.0. The lowest BCUT2D eigenvalue weighted by atomic mass is 9.68. The van der Waals surface area contributed by atoms with Gasteiger partial charge in [-0.15, -0.1) is 0 Å². The van der Waals surface area contributed by atoms with Gasteiger partial charge in [0.05, 0.1) is 0 Å². The van der Waals surface area contributed by atoms with Gasteiger partial charge in [-0.2, -0.15) is 0 Å². The van der Waals surface area contributed by atoms with Crippen LogP contribution in [0.4, 0.5) is 17.1 Å². The Morgan fingerprint density at radius 2 is 0.789 bits per heavy atom. The highest BCUT2D eigenvalue weighted by molar-refractivity contribution is 6.19. The molecule has 2 heterocycles. The van der Waals surface area contributed by atoms with Crippen molar-refractivity contribution in [2.24, 2.45) is 0 Å². The molecular formula is C92H105NO2. The van der Waals surface area contributed by atoms with Crippen LogP contribution in [-0.2, 0) is 16.2 Å². The molecule has 3 aliphatic carbocycles. The Labute approximate surface area is 569 Å². The molecule has 0 unspecified atom stereocenters. The van der Waals surface area contributed by atoms with Gasteiger partial charge in [0, 0.05) is 60.4 Å². The van der Waals surface area contributed by atoms with Gasteiger partial charge in [0.15, 0.2) is 0 Å². The molecule has 3 nitrogen and oxygen atoms in total. The zero-order valence-electron chi connectivity index (χ0n) is 58.7. The smallest absolute Gasteiger partial charge is 0.143 e. The van der Waals surface area contributed by atoms with Crippen LogP contribution in [0.1, 0.15) is 260 Å². The lowest BCUT2D eigenvalue weighted by Gasteiger charge is -2.35. The Morgan fingerprint density at radius 3 is 1.39 bits per heavy atom. The number of rotatable bonds is 32. The normalized spacial score (nSPS) is 14.4. The first-order valence-electron chi connectivity index (χ1n) is 38.0. The van der Waals surface area contributed by atoms with Gasteiger partial charge in [-0.05, 0) is 178 Å². The molecule has 0 amide bonds. The summed E-state index contributed by atoms with van der Waals surface area (Å²) >= 11 is 0. The molecular weight excluding hydrogens is 1150 g/mol. The molecule has 3 heteroatoms. The van der Waals surface area contributed by atoms with Crippen LogP contribution in [0.15, 0.2) is 179 Å². The lowest BCUT2D eigenvalue weighted by molar-refractivity contribution is 0.394. The number of hydrogen-bond acceptors (Lipinski definition) is 3. The Hall–Kier alpha value is -7.62. The van der Waals surface area contributed by atoms with Crippen molar-refractivity contribution in [3.63, 3.8) is 0 Å². The molecule has 0 radical (unpaired) electrons. The second-order valence-electron chi connectivity index (χ2n) is 29.9. The third kappa shape index (κ3) is 11.9. The van der Waals surface area contributed by atoms with Crippen molar-refractivity contribution < 1.29 is 8.83 Å². The van der Waals surface area contributed by atoms with E-state index in [1.807, 2.05) is 0 Å². The minimum atomic E-state index is -0.302. The Morgan fingerprint density at radius 1 is 0.316 bits per heavy atom. The highest BCUT2D eigenvalue weighted by atomic mass is 16.3. The fraction of sp³-hybridized carbons (Fsp3) is 0.413. The van der Waals surface area contributed by atoms with Gasteiger partial charge in [0.2, 0.25) is 0 Å². The van der Waals surface area contributed by atoms with Crippen molar-refractivity contribution in [2.45, 2.75) is 244 Å². The molecule has 11 aromatic rings. The first-order chi connectivity index (χ1) is 46.6. The number of benzene rings is 9. The Kier molecular flexibility index (Phi) is 19.2. The van der Waals surface area contributed by atoms with Crippen LogP contribution in [0, 0.1) is 6.92 Å². The molecule has 14 rings (SSSR count). The average molecular weight is 1260 g/mol. The molecule has 0 aliphatic heterocycles. The number of nitrogens with zero attached hydrogens (tertiary/aromatic N) is 1. The maximum absolute atomic E-state index is 6.96. The maximum atomic E-state index is 6.96. The summed E-state index contributed by atoms with van der Waals surface area (Å²) in [5.41, 5.74) is 28.1. The standard InChI is InChI=1S/C92H105NO2/c1-8-12-16-20-24-35-54-91(55-36-25-21-17-13-9-2)76-52-53-84-87(71-44-31-33-46-82(71)94-84)86(76)75-63-79-74(62-80(75)91)69-50-48-68(60-78(69)92(79,56-37-26-22-18-14-10-3)57-38-27-23-19-15-11-4)93(66-42-29-28-30-43-66)67-49-51-70-77(59-67)90(6,7)81-61-73(65-41-39-40-64(5)58-65)89-88(85(70)81)72-45-32-34-47-83(72)95-89/h28-34,39-53,58-63H,8-27,35-38,54-57H2,1-7H3. The summed E-state index contributed by atoms with van der Waals surface area (Å²) in [5.74, 6) is 0. The quantitative estimate of drug-likeness (QED) is 0.0394. The van der Waals surface area contributed by atoms with E-state index in [0.29, 0.717) is 0 Å². The minimum absolute atomic E-state index is 0.0879. The number of furan rings is 2. The highest BCUT2D eigenvalue weighted by Crippen LogP contribution is 2.64. The number of unbranched alkanes of at least 4 members (excludes halogenated alkanes) is 20. The summed E-state index contributed by atoms with van der Waals surface area (Å²) in [4.78, 5) is 2.60. The van der Waals surface area contributed by atoms with E-state index in [0.717, 1.165) is 40.7 Å². The molecule has 2 aromatic heterocycles. The van der Waals surface area contributed by atoms with E-state index in [-0.39, 0.29) is 16.2 Å². The monoisotopic (exact) mass is 1260 g/mol. The van der Waals surface area contributed by atoms with Gasteiger partial charge in [0.1, 0.15) is 22.3 Å². The van der Waals surface area contributed by atoms with Gasteiger partial charge < -0.3 is 13.7 Å². The minimum Gasteiger partial charge on any atom is -0.456 e. The number of aryl methyl sites for hydroxylation is 1. The highest BCUT2D eigenvalue weighted by Gasteiger charge is 2.49. The Bertz CT molecular complexity index is 4470. The van der Waals surface area contributed by atoms with Crippen LogP contribution in [0.2, 0.25) is 0 Å². The SMILES string of the molecule is CCCCCCCCC1(CCCCCCCC)c2cc(N(c3ccccc3)c3ccc4c(c3)C(C)(C)c3cc(-c5cccc(C)c5)c5oc6ccccc6c5c3-4)ccc2-c2cc3c(cc21)-c1c(ccc2oc4ccccc4c12)C3(CCCCCCCC)CCCCCCCC. The zero-order valence-corrected chi connectivity index (χ0v) is 58.7. The van der Waals surface area contributed by atoms with Gasteiger partial charge in [-0.1, -0.05) is 298 Å². The van der Waals surface area contributed by atoms with E-state index in [9.17, 15) is 0 Å². The van der Waals surface area contributed by atoms with Crippen LogP contribution < -0.4 is 4.90 Å². The summed E-state index contributed by atoms with van der Waals surface area (Å²) in [7, 11) is 0. The molecule has 9 aromatic carbocycles. The van der Waals surface area contributed by atoms with Gasteiger partial charge in [-0.3, -0.25) is 0 Å². The van der Waals surface area contributed by atoms with Crippen molar-refractivity contribution in [3.8, 4) is 44.5 Å². The molecule has 0 saturated heterocycles. The van der Waals surface area contributed by atoms with E-state index in [4.69, 9.17) is 8.83 Å². The predicted molar refractivity (Wildman–Crippen MR) is 408 cm³/mol. The number of para-hydroxylation sites is 3. The fourth-order valence-electron chi connectivity index (χ4n) is 18.3. The number of fused-ring (bicyclic) bond motifs is 17. The second-order valence-corrected chi connectivity index (χ2v) is 29.9. The third-order valence-corrected chi connectivity index (χ3v) is 23.3. The van der Waals surface area contributed by atoms with Crippen LogP contribution in [0.3, 0.4) is 0 Å². The predicted octanol–water partition coefficient (Wildman–Crippen LogP) is 28.8. The zero-order chi connectivity index (χ0) is 65.1. The van der Waals surface area contributed by atoms with Crippen LogP contribution in [-0.4, -0.2) is 0 Å². The number of hydrogen-bond donors (Lipinski definition) is 0. The van der Waals surface area contributed by atoms with Crippen molar-refractivity contribution in [2.75, 3.05) is 4.90 Å². The lowest BCUT2D eigenvalue weighted by Crippen LogP contribution is -2.27. The topological polar surface area (TPSA) is 29.5 Å². The summed E-state index contributed by atoms with van der Waals surface area (Å²) in [6.07, 6.45) is 35.7. The molecule has 0 bridgehead atoms. The molecule has 0 saturated carbocycles. The summed E-state index contributed by atoms with van der Waals surface area (Å²) in [5, 5.41) is 4.98. The summed E-state index contributed by atoms with van der Waals surface area (Å²) < 4.78 is 13.9. The molecule has 490 valence electrons. The van der Waals surface area contributed by atoms with Crippen LogP contribution >= 0.6 is 0 Å². The van der Waals surface area contributed by atoms with Gasteiger partial charge in [0.25, 0.3) is 0 Å². The summed E-state index contributed by atoms with van der Waals surface area (Å²) in [6, 6.07) is 66.2. The van der Waals surface area contributed by atoms with E-state index in [2.05, 4.69) is 223 Å². The van der Waals surface area contributed by atoms with Crippen LogP contribution in [0.5, 0.6) is 0 Å².